The summed E-state index contributed by atoms with van der Waals surface area (Å²) in [4.78, 5) is 11.5. The lowest BCUT2D eigenvalue weighted by Gasteiger charge is -2.07. The molecule has 0 saturated heterocycles. The summed E-state index contributed by atoms with van der Waals surface area (Å²) in [5, 5.41) is 0. The Morgan fingerprint density at radius 3 is 1.46 bits per heavy atom. The maximum absolute atomic E-state index is 5.42. The second-order valence-electron chi connectivity index (χ2n) is 9.60. The highest BCUT2D eigenvalue weighted by molar-refractivity contribution is 7.18. The molecule has 0 radical (unpaired) electrons. The molecule has 0 aliphatic carbocycles. The number of benzene rings is 2. The highest BCUT2D eigenvalue weighted by Crippen LogP contribution is 2.36. The molecule has 0 spiro atoms. The molecule has 0 aliphatic rings. The minimum atomic E-state index is 0.806. The van der Waals surface area contributed by atoms with Crippen molar-refractivity contribution in [1.82, 2.24) is 20.8 Å². The van der Waals surface area contributed by atoms with Crippen molar-refractivity contribution in [3.63, 3.8) is 0 Å². The van der Waals surface area contributed by atoms with Gasteiger partial charge in [-0.05, 0) is 72.2 Å². The van der Waals surface area contributed by atoms with Gasteiger partial charge in [0.15, 0.2) is 0 Å². The summed E-state index contributed by atoms with van der Waals surface area (Å²) in [6.45, 7) is 1.61. The van der Waals surface area contributed by atoms with Crippen LogP contribution >= 0.6 is 11.3 Å². The Balaban J connectivity index is 1.35. The number of nitrogens with one attached hydrogen (secondary N) is 2. The van der Waals surface area contributed by atoms with E-state index in [9.17, 15) is 0 Å². The van der Waals surface area contributed by atoms with Crippen molar-refractivity contribution in [3.05, 3.63) is 109 Å². The third kappa shape index (κ3) is 7.03. The standard InChI is InChI=1S/C32H34N6S/c33-37-13-3-7-23-5-1-9-25(15-23)27-17-29(21-35-19-27)31-11-12-32(39-31)30-18-28(20-36-22-30)26-10-2-6-24(16-26)8-4-14-38-34/h1-2,5-6,9-12,15-22,37-38H,3-4,7-8,13-14,33-34H2. The van der Waals surface area contributed by atoms with Gasteiger partial charge in [0, 0.05) is 69.9 Å². The van der Waals surface area contributed by atoms with E-state index in [-0.39, 0.29) is 0 Å². The first-order valence-corrected chi connectivity index (χ1v) is 14.1. The topological polar surface area (TPSA) is 102 Å². The van der Waals surface area contributed by atoms with Crippen molar-refractivity contribution in [2.75, 3.05) is 13.1 Å². The van der Waals surface area contributed by atoms with E-state index >= 15 is 0 Å². The van der Waals surface area contributed by atoms with Crippen LogP contribution in [0.4, 0.5) is 0 Å². The van der Waals surface area contributed by atoms with E-state index in [2.05, 4.69) is 93.6 Å². The average Bonchev–Trinajstić information content (AvgIpc) is 3.49. The van der Waals surface area contributed by atoms with Gasteiger partial charge in [0.05, 0.1) is 0 Å². The first-order chi connectivity index (χ1) is 19.2. The van der Waals surface area contributed by atoms with E-state index in [1.165, 1.54) is 32.0 Å². The van der Waals surface area contributed by atoms with Gasteiger partial charge >= 0.3 is 0 Å². The molecule has 0 unspecified atom stereocenters. The lowest BCUT2D eigenvalue weighted by atomic mass is 10.0. The Labute approximate surface area is 234 Å². The molecule has 6 nitrogen and oxygen atoms in total. The molecule has 0 atom stereocenters. The van der Waals surface area contributed by atoms with Crippen LogP contribution in [0.5, 0.6) is 0 Å². The maximum Gasteiger partial charge on any atom is 0.0365 e. The molecular weight excluding hydrogens is 500 g/mol. The van der Waals surface area contributed by atoms with Crippen molar-refractivity contribution >= 4 is 11.3 Å². The number of nitrogens with two attached hydrogens (primary N) is 2. The van der Waals surface area contributed by atoms with Crippen molar-refractivity contribution < 1.29 is 0 Å². The van der Waals surface area contributed by atoms with Crippen LogP contribution in [0, 0.1) is 0 Å². The number of rotatable bonds is 12. The monoisotopic (exact) mass is 534 g/mol. The van der Waals surface area contributed by atoms with Crippen LogP contribution in [-0.2, 0) is 12.8 Å². The fourth-order valence-corrected chi connectivity index (χ4v) is 5.68. The lowest BCUT2D eigenvalue weighted by Crippen LogP contribution is -2.23. The van der Waals surface area contributed by atoms with Gasteiger partial charge in [0.1, 0.15) is 0 Å². The number of aryl methyl sites for hydroxylation is 2. The first-order valence-electron chi connectivity index (χ1n) is 13.3. The molecule has 0 bridgehead atoms. The average molecular weight is 535 g/mol. The summed E-state index contributed by atoms with van der Waals surface area (Å²) in [5.74, 6) is 10.8. The third-order valence-corrected chi connectivity index (χ3v) is 7.93. The van der Waals surface area contributed by atoms with E-state index in [4.69, 9.17) is 11.7 Å². The normalized spacial score (nSPS) is 11.1. The molecule has 0 saturated carbocycles. The number of nitrogens with zero attached hydrogens (tertiary/aromatic N) is 2. The Kier molecular flexibility index (Phi) is 9.21. The summed E-state index contributed by atoms with van der Waals surface area (Å²) in [6, 6.07) is 26.2. The van der Waals surface area contributed by atoms with Crippen molar-refractivity contribution in [2.24, 2.45) is 11.7 Å². The van der Waals surface area contributed by atoms with Crippen LogP contribution in [0.1, 0.15) is 24.0 Å². The van der Waals surface area contributed by atoms with E-state index in [1.54, 1.807) is 11.3 Å². The Bertz CT molecular complexity index is 1400. The maximum atomic E-state index is 5.42. The van der Waals surface area contributed by atoms with Crippen LogP contribution in [0.25, 0.3) is 43.1 Å². The fourth-order valence-electron chi connectivity index (χ4n) is 4.72. The first kappa shape index (κ1) is 26.9. The van der Waals surface area contributed by atoms with Crippen LogP contribution in [-0.4, -0.2) is 23.1 Å². The Morgan fingerprint density at radius 1 is 0.538 bits per heavy atom. The highest BCUT2D eigenvalue weighted by Gasteiger charge is 2.10. The van der Waals surface area contributed by atoms with Gasteiger partial charge in [-0.25, -0.2) is 0 Å². The van der Waals surface area contributed by atoms with Gasteiger partial charge < -0.3 is 0 Å². The van der Waals surface area contributed by atoms with Crippen molar-refractivity contribution in [2.45, 2.75) is 25.7 Å². The van der Waals surface area contributed by atoms with Crippen molar-refractivity contribution in [3.8, 4) is 43.1 Å². The zero-order valence-electron chi connectivity index (χ0n) is 21.9. The summed E-state index contributed by atoms with van der Waals surface area (Å²) in [6.07, 6.45) is 11.7. The molecule has 6 N–H and O–H groups in total. The van der Waals surface area contributed by atoms with Crippen LogP contribution < -0.4 is 22.5 Å². The predicted molar refractivity (Wildman–Crippen MR) is 163 cm³/mol. The Hall–Kier alpha value is -3.72. The summed E-state index contributed by atoms with van der Waals surface area (Å²) >= 11 is 1.76. The minimum absolute atomic E-state index is 0.806. The number of thiophene rings is 1. The van der Waals surface area contributed by atoms with E-state index < -0.39 is 0 Å². The molecule has 3 aromatic heterocycles. The number of hydrazine groups is 2. The summed E-state index contributed by atoms with van der Waals surface area (Å²) in [5.41, 5.74) is 14.9. The molecule has 0 aliphatic heterocycles. The van der Waals surface area contributed by atoms with Crippen molar-refractivity contribution in [1.29, 1.82) is 0 Å². The highest BCUT2D eigenvalue weighted by atomic mass is 32.1. The molecule has 5 rings (SSSR count). The van der Waals surface area contributed by atoms with Crippen LogP contribution in [0.15, 0.2) is 97.6 Å². The van der Waals surface area contributed by atoms with Gasteiger partial charge in [-0.1, -0.05) is 48.5 Å². The Morgan fingerprint density at radius 2 is 1.00 bits per heavy atom. The largest absolute Gasteiger partial charge is 0.271 e. The molecule has 198 valence electrons. The van der Waals surface area contributed by atoms with Crippen LogP contribution in [0.2, 0.25) is 0 Å². The zero-order chi connectivity index (χ0) is 26.9. The molecule has 7 heteroatoms. The van der Waals surface area contributed by atoms with Gasteiger partial charge in [-0.2, -0.15) is 0 Å². The fraction of sp³-hybridized carbons (Fsp3) is 0.188. The second kappa shape index (κ2) is 13.4. The zero-order valence-corrected chi connectivity index (χ0v) is 22.8. The molecular formula is C32H34N6S. The minimum Gasteiger partial charge on any atom is -0.271 e. The third-order valence-electron chi connectivity index (χ3n) is 6.75. The van der Waals surface area contributed by atoms with Crippen LogP contribution in [0.3, 0.4) is 0 Å². The summed E-state index contributed by atoms with van der Waals surface area (Å²) < 4.78 is 0. The molecule has 0 amide bonds. The molecule has 5 aromatic rings. The van der Waals surface area contributed by atoms with Gasteiger partial charge in [0.25, 0.3) is 0 Å². The number of hydrogen-bond acceptors (Lipinski definition) is 7. The van der Waals surface area contributed by atoms with Gasteiger partial charge in [0.2, 0.25) is 0 Å². The molecule has 0 fully saturated rings. The SMILES string of the molecule is NNCCCc1cccc(-c2cncc(-c3ccc(-c4cncc(-c5cccc(CCCNN)c5)c4)s3)c2)c1. The summed E-state index contributed by atoms with van der Waals surface area (Å²) in [7, 11) is 0. The quantitative estimate of drug-likeness (QED) is 0.0890. The lowest BCUT2D eigenvalue weighted by molar-refractivity contribution is 0.680. The van der Waals surface area contributed by atoms with Gasteiger partial charge in [-0.3, -0.25) is 32.5 Å². The smallest absolute Gasteiger partial charge is 0.0365 e. The van der Waals surface area contributed by atoms with E-state index in [1.807, 2.05) is 24.8 Å². The number of hydrogen-bond donors (Lipinski definition) is 4. The predicted octanol–water partition coefficient (Wildman–Crippen LogP) is 6.00. The van der Waals surface area contributed by atoms with E-state index in [0.717, 1.165) is 61.0 Å². The van der Waals surface area contributed by atoms with E-state index in [0.29, 0.717) is 0 Å². The van der Waals surface area contributed by atoms with Gasteiger partial charge in [-0.15, -0.1) is 11.3 Å². The second-order valence-corrected chi connectivity index (χ2v) is 10.7. The molecule has 2 aromatic carbocycles. The molecule has 39 heavy (non-hydrogen) atoms. The number of pyridine rings is 2. The molecule has 3 heterocycles. The number of aromatic nitrogens is 2.